The van der Waals surface area contributed by atoms with Crippen LogP contribution in [0.4, 0.5) is 0 Å². The van der Waals surface area contributed by atoms with E-state index in [1.165, 1.54) is 0 Å². The molecule has 1 aliphatic carbocycles. The Kier molecular flexibility index (Phi) is 3.29. The van der Waals surface area contributed by atoms with Crippen molar-refractivity contribution < 1.29 is 15.0 Å². The zero-order valence-corrected chi connectivity index (χ0v) is 10.8. The second-order valence-electron chi connectivity index (χ2n) is 5.84. The van der Waals surface area contributed by atoms with E-state index < -0.39 is 5.97 Å². The van der Waals surface area contributed by atoms with Crippen molar-refractivity contribution in [1.29, 1.82) is 0 Å². The van der Waals surface area contributed by atoms with Gasteiger partial charge in [0, 0.05) is 19.6 Å². The van der Waals surface area contributed by atoms with E-state index in [0.29, 0.717) is 17.4 Å². The Morgan fingerprint density at radius 1 is 1.16 bits per heavy atom. The minimum Gasteiger partial charge on any atom is -0.478 e. The molecule has 0 spiro atoms. The number of aromatic carboxylic acids is 1. The van der Waals surface area contributed by atoms with Crippen LogP contribution in [-0.2, 0) is 6.54 Å². The summed E-state index contributed by atoms with van der Waals surface area (Å²) >= 11 is 0. The summed E-state index contributed by atoms with van der Waals surface area (Å²) in [6.07, 6.45) is 1.80. The second kappa shape index (κ2) is 4.94. The predicted molar refractivity (Wildman–Crippen MR) is 70.9 cm³/mol. The van der Waals surface area contributed by atoms with E-state index in [9.17, 15) is 9.90 Å². The number of benzene rings is 1. The summed E-state index contributed by atoms with van der Waals surface area (Å²) < 4.78 is 0. The summed E-state index contributed by atoms with van der Waals surface area (Å²) in [6, 6.07) is 7.12. The number of likely N-dealkylation sites (tertiary alicyclic amines) is 1. The average molecular weight is 261 g/mol. The van der Waals surface area contributed by atoms with Crippen molar-refractivity contribution in [3.05, 3.63) is 35.4 Å². The number of carboxylic acid groups (broad SMARTS) is 1. The monoisotopic (exact) mass is 261 g/mol. The molecule has 0 radical (unpaired) electrons. The Morgan fingerprint density at radius 3 is 2.26 bits per heavy atom. The Labute approximate surface area is 112 Å². The molecule has 0 amide bonds. The molecule has 1 unspecified atom stereocenters. The van der Waals surface area contributed by atoms with E-state index in [-0.39, 0.29) is 6.10 Å². The quantitative estimate of drug-likeness (QED) is 0.867. The fourth-order valence-electron chi connectivity index (χ4n) is 3.51. The SMILES string of the molecule is O=C(O)c1ccc(CN2C[C@H]3CC(O)C[C@H]3C2)cc1. The van der Waals surface area contributed by atoms with Crippen molar-refractivity contribution in [2.75, 3.05) is 13.1 Å². The molecule has 19 heavy (non-hydrogen) atoms. The first-order chi connectivity index (χ1) is 9.11. The largest absolute Gasteiger partial charge is 0.478 e. The van der Waals surface area contributed by atoms with Gasteiger partial charge in [-0.15, -0.1) is 0 Å². The molecule has 1 saturated carbocycles. The lowest BCUT2D eigenvalue weighted by atomic mass is 10.0. The molecule has 4 nitrogen and oxygen atoms in total. The highest BCUT2D eigenvalue weighted by Gasteiger charge is 2.39. The Hall–Kier alpha value is -1.39. The number of carboxylic acids is 1. The molecule has 3 atom stereocenters. The molecule has 1 aromatic rings. The van der Waals surface area contributed by atoms with Crippen LogP contribution in [0.15, 0.2) is 24.3 Å². The lowest BCUT2D eigenvalue weighted by Crippen LogP contribution is -2.22. The van der Waals surface area contributed by atoms with Gasteiger partial charge in [-0.25, -0.2) is 4.79 Å². The number of aliphatic hydroxyl groups excluding tert-OH is 1. The molecule has 2 aliphatic rings. The topological polar surface area (TPSA) is 60.8 Å². The normalized spacial score (nSPS) is 30.5. The number of nitrogens with zero attached hydrogens (tertiary/aromatic N) is 1. The van der Waals surface area contributed by atoms with Gasteiger partial charge < -0.3 is 10.2 Å². The van der Waals surface area contributed by atoms with Crippen LogP contribution < -0.4 is 0 Å². The smallest absolute Gasteiger partial charge is 0.335 e. The molecular formula is C15H19NO3. The molecule has 2 fully saturated rings. The highest BCUT2D eigenvalue weighted by Crippen LogP contribution is 2.38. The lowest BCUT2D eigenvalue weighted by Gasteiger charge is -2.17. The third kappa shape index (κ3) is 2.65. The first-order valence-corrected chi connectivity index (χ1v) is 6.84. The van der Waals surface area contributed by atoms with Gasteiger partial charge in [-0.1, -0.05) is 12.1 Å². The fourth-order valence-corrected chi connectivity index (χ4v) is 3.51. The number of hydrogen-bond donors (Lipinski definition) is 2. The van der Waals surface area contributed by atoms with Gasteiger partial charge in [0.15, 0.2) is 0 Å². The van der Waals surface area contributed by atoms with Gasteiger partial charge in [0.2, 0.25) is 0 Å². The Bertz CT molecular complexity index is 457. The molecule has 1 aliphatic heterocycles. The minimum atomic E-state index is -0.878. The number of hydrogen-bond acceptors (Lipinski definition) is 3. The van der Waals surface area contributed by atoms with Crippen molar-refractivity contribution in [1.82, 2.24) is 4.90 Å². The molecular weight excluding hydrogens is 242 g/mol. The third-order valence-electron chi connectivity index (χ3n) is 4.41. The van der Waals surface area contributed by atoms with E-state index in [4.69, 9.17) is 5.11 Å². The highest BCUT2D eigenvalue weighted by molar-refractivity contribution is 5.87. The standard InChI is InChI=1S/C15H19NO3/c17-14-5-12-8-16(9-13(12)6-14)7-10-1-3-11(4-2-10)15(18)19/h1-4,12-14,17H,5-9H2,(H,18,19)/t12-,13+,14?. The van der Waals surface area contributed by atoms with Crippen LogP contribution in [0.2, 0.25) is 0 Å². The van der Waals surface area contributed by atoms with Gasteiger partial charge in [-0.05, 0) is 42.4 Å². The van der Waals surface area contributed by atoms with Crippen molar-refractivity contribution in [3.63, 3.8) is 0 Å². The predicted octanol–water partition coefficient (Wildman–Crippen LogP) is 1.59. The number of rotatable bonds is 3. The lowest BCUT2D eigenvalue weighted by molar-refractivity contribution is 0.0697. The van der Waals surface area contributed by atoms with Crippen molar-refractivity contribution in [2.45, 2.75) is 25.5 Å². The molecule has 102 valence electrons. The molecule has 1 aromatic carbocycles. The molecule has 0 aromatic heterocycles. The van der Waals surface area contributed by atoms with Crippen LogP contribution in [-0.4, -0.2) is 40.3 Å². The zero-order valence-electron chi connectivity index (χ0n) is 10.8. The Morgan fingerprint density at radius 2 is 1.74 bits per heavy atom. The maximum atomic E-state index is 10.8. The van der Waals surface area contributed by atoms with Crippen molar-refractivity contribution >= 4 is 5.97 Å². The van der Waals surface area contributed by atoms with Gasteiger partial charge in [0.1, 0.15) is 0 Å². The van der Waals surface area contributed by atoms with Crippen LogP contribution >= 0.6 is 0 Å². The summed E-state index contributed by atoms with van der Waals surface area (Å²) in [5.41, 5.74) is 1.50. The minimum absolute atomic E-state index is 0.0907. The number of fused-ring (bicyclic) bond motifs is 1. The zero-order chi connectivity index (χ0) is 13.4. The molecule has 3 rings (SSSR count). The second-order valence-corrected chi connectivity index (χ2v) is 5.84. The average Bonchev–Trinajstić information content (AvgIpc) is 2.86. The maximum Gasteiger partial charge on any atom is 0.335 e. The van der Waals surface area contributed by atoms with Crippen LogP contribution in [0.5, 0.6) is 0 Å². The van der Waals surface area contributed by atoms with Crippen LogP contribution in [0.25, 0.3) is 0 Å². The summed E-state index contributed by atoms with van der Waals surface area (Å²) in [6.45, 7) is 2.99. The van der Waals surface area contributed by atoms with E-state index in [1.54, 1.807) is 12.1 Å². The van der Waals surface area contributed by atoms with Crippen molar-refractivity contribution in [2.24, 2.45) is 11.8 Å². The van der Waals surface area contributed by atoms with Gasteiger partial charge in [-0.2, -0.15) is 0 Å². The van der Waals surface area contributed by atoms with Gasteiger partial charge in [0.05, 0.1) is 11.7 Å². The van der Waals surface area contributed by atoms with Gasteiger partial charge >= 0.3 is 5.97 Å². The van der Waals surface area contributed by atoms with Crippen molar-refractivity contribution in [3.8, 4) is 0 Å². The first kappa shape index (κ1) is 12.6. The first-order valence-electron chi connectivity index (χ1n) is 6.84. The van der Waals surface area contributed by atoms with Gasteiger partial charge in [0.25, 0.3) is 0 Å². The van der Waals surface area contributed by atoms with E-state index in [0.717, 1.165) is 38.0 Å². The number of aliphatic hydroxyl groups is 1. The van der Waals surface area contributed by atoms with E-state index in [2.05, 4.69) is 4.90 Å². The molecule has 2 N–H and O–H groups in total. The van der Waals surface area contributed by atoms with E-state index >= 15 is 0 Å². The summed E-state index contributed by atoms with van der Waals surface area (Å²) in [5.74, 6) is 0.415. The molecule has 1 saturated heterocycles. The highest BCUT2D eigenvalue weighted by atomic mass is 16.4. The number of carbonyl (C=O) groups is 1. The fraction of sp³-hybridized carbons (Fsp3) is 0.533. The van der Waals surface area contributed by atoms with E-state index in [1.807, 2.05) is 12.1 Å². The van der Waals surface area contributed by atoms with Crippen LogP contribution in [0, 0.1) is 11.8 Å². The molecule has 1 heterocycles. The van der Waals surface area contributed by atoms with Crippen LogP contribution in [0.1, 0.15) is 28.8 Å². The molecule has 4 heteroatoms. The van der Waals surface area contributed by atoms with Crippen LogP contribution in [0.3, 0.4) is 0 Å². The summed E-state index contributed by atoms with van der Waals surface area (Å²) in [7, 11) is 0. The Balaban J connectivity index is 1.59. The molecule has 0 bridgehead atoms. The summed E-state index contributed by atoms with van der Waals surface area (Å²) in [5, 5.41) is 18.5. The van der Waals surface area contributed by atoms with Gasteiger partial charge in [-0.3, -0.25) is 4.90 Å². The third-order valence-corrected chi connectivity index (χ3v) is 4.41. The maximum absolute atomic E-state index is 10.8. The summed E-state index contributed by atoms with van der Waals surface area (Å²) in [4.78, 5) is 13.2.